The molecule has 0 spiro atoms. The molecule has 1 rings (SSSR count). The molecule has 0 aliphatic rings. The van der Waals surface area contributed by atoms with Crippen molar-refractivity contribution in [2.24, 2.45) is 0 Å². The fourth-order valence-electron chi connectivity index (χ4n) is 0.286. The first-order chi connectivity index (χ1) is 3.79. The SMILES string of the molecule is Clc1[c]c(Cl)nnc1. The van der Waals surface area contributed by atoms with E-state index in [9.17, 15) is 0 Å². The molecule has 0 unspecified atom stereocenters. The number of nitrogens with zero attached hydrogens (tertiary/aromatic N) is 2. The van der Waals surface area contributed by atoms with Crippen molar-refractivity contribution < 1.29 is 0 Å². The second-order valence-electron chi connectivity index (χ2n) is 1.11. The van der Waals surface area contributed by atoms with E-state index < -0.39 is 0 Å². The summed E-state index contributed by atoms with van der Waals surface area (Å²) < 4.78 is 0. The zero-order valence-corrected chi connectivity index (χ0v) is 5.24. The molecular weight excluding hydrogens is 147 g/mol. The Morgan fingerprint density at radius 1 is 1.50 bits per heavy atom. The summed E-state index contributed by atoms with van der Waals surface area (Å²) in [5.41, 5.74) is 0. The topological polar surface area (TPSA) is 25.8 Å². The fraction of sp³-hybridized carbons (Fsp3) is 0. The van der Waals surface area contributed by atoms with Crippen molar-refractivity contribution >= 4 is 23.2 Å². The van der Waals surface area contributed by atoms with E-state index >= 15 is 0 Å². The summed E-state index contributed by atoms with van der Waals surface area (Å²) in [5.74, 6) is 0. The Morgan fingerprint density at radius 2 is 2.25 bits per heavy atom. The molecule has 0 aliphatic heterocycles. The molecule has 1 radical (unpaired) electrons. The lowest BCUT2D eigenvalue weighted by Gasteiger charge is -1.83. The van der Waals surface area contributed by atoms with Gasteiger partial charge >= 0.3 is 0 Å². The summed E-state index contributed by atoms with van der Waals surface area (Å²) in [6.45, 7) is 0. The fourth-order valence-corrected chi connectivity index (χ4v) is 0.613. The monoisotopic (exact) mass is 147 g/mol. The summed E-state index contributed by atoms with van der Waals surface area (Å²) in [5, 5.41) is 7.43. The molecule has 0 atom stereocenters. The van der Waals surface area contributed by atoms with E-state index in [-0.39, 0.29) is 5.15 Å². The predicted octanol–water partition coefficient (Wildman–Crippen LogP) is 1.58. The number of aromatic nitrogens is 2. The average Bonchev–Trinajstić information content (AvgIpc) is 1.64. The van der Waals surface area contributed by atoms with Crippen LogP contribution < -0.4 is 0 Å². The lowest BCUT2D eigenvalue weighted by atomic mass is 10.6. The molecule has 2 nitrogen and oxygen atoms in total. The van der Waals surface area contributed by atoms with Gasteiger partial charge in [-0.05, 0) is 0 Å². The van der Waals surface area contributed by atoms with Crippen molar-refractivity contribution in [3.05, 3.63) is 22.4 Å². The summed E-state index contributed by atoms with van der Waals surface area (Å²) in [7, 11) is 0. The van der Waals surface area contributed by atoms with Crippen LogP contribution in [0.5, 0.6) is 0 Å². The minimum Gasteiger partial charge on any atom is -0.156 e. The van der Waals surface area contributed by atoms with Crippen LogP contribution in [0.15, 0.2) is 6.20 Å². The van der Waals surface area contributed by atoms with Gasteiger partial charge < -0.3 is 0 Å². The minimum absolute atomic E-state index is 0.192. The molecule has 0 bridgehead atoms. The van der Waals surface area contributed by atoms with E-state index in [1.54, 1.807) is 0 Å². The van der Waals surface area contributed by atoms with E-state index in [1.165, 1.54) is 6.20 Å². The van der Waals surface area contributed by atoms with Crippen molar-refractivity contribution in [2.45, 2.75) is 0 Å². The number of rotatable bonds is 0. The van der Waals surface area contributed by atoms with Gasteiger partial charge in [0.15, 0.2) is 5.15 Å². The standard InChI is InChI=1S/C4HCl2N2/c5-3-1-4(6)8-7-2-3/h2H. The first-order valence-corrected chi connectivity index (χ1v) is 2.60. The summed E-state index contributed by atoms with van der Waals surface area (Å²) in [4.78, 5) is 0. The maximum Gasteiger partial charge on any atom is 0.161 e. The van der Waals surface area contributed by atoms with Crippen molar-refractivity contribution in [3.63, 3.8) is 0 Å². The van der Waals surface area contributed by atoms with Crippen LogP contribution in [0.4, 0.5) is 0 Å². The molecule has 1 aromatic heterocycles. The average molecular weight is 148 g/mol. The van der Waals surface area contributed by atoms with Crippen LogP contribution in [0.1, 0.15) is 0 Å². The number of halogens is 2. The molecule has 8 heavy (non-hydrogen) atoms. The maximum absolute atomic E-state index is 5.40. The van der Waals surface area contributed by atoms with Gasteiger partial charge in [0.1, 0.15) is 0 Å². The van der Waals surface area contributed by atoms with Gasteiger partial charge in [0.25, 0.3) is 0 Å². The summed E-state index contributed by atoms with van der Waals surface area (Å²) >= 11 is 10.7. The van der Waals surface area contributed by atoms with Gasteiger partial charge in [-0.3, -0.25) is 0 Å². The molecule has 0 N–H and O–H groups in total. The largest absolute Gasteiger partial charge is 0.161 e. The van der Waals surface area contributed by atoms with Gasteiger partial charge in [-0.1, -0.05) is 23.2 Å². The van der Waals surface area contributed by atoms with Gasteiger partial charge in [0.2, 0.25) is 0 Å². The molecule has 0 aliphatic carbocycles. The van der Waals surface area contributed by atoms with Crippen molar-refractivity contribution in [1.82, 2.24) is 10.2 Å². The maximum atomic E-state index is 5.40. The van der Waals surface area contributed by atoms with Crippen LogP contribution in [0.3, 0.4) is 0 Å². The third-order valence-corrected chi connectivity index (χ3v) is 0.901. The third-order valence-electron chi connectivity index (χ3n) is 0.539. The predicted molar refractivity (Wildman–Crippen MR) is 30.9 cm³/mol. The lowest BCUT2D eigenvalue weighted by Crippen LogP contribution is -1.78. The van der Waals surface area contributed by atoms with Gasteiger partial charge in [-0.15, -0.1) is 5.10 Å². The van der Waals surface area contributed by atoms with E-state index in [0.717, 1.165) is 0 Å². The zero-order chi connectivity index (χ0) is 5.98. The summed E-state index contributed by atoms with van der Waals surface area (Å²) in [6.07, 6.45) is 1.37. The van der Waals surface area contributed by atoms with Crippen LogP contribution >= 0.6 is 23.2 Å². The van der Waals surface area contributed by atoms with Crippen LogP contribution in [-0.2, 0) is 0 Å². The van der Waals surface area contributed by atoms with Gasteiger partial charge in [0.05, 0.1) is 11.2 Å². The smallest absolute Gasteiger partial charge is 0.156 e. The molecule has 0 fully saturated rings. The quantitative estimate of drug-likeness (QED) is 0.558. The Balaban J connectivity index is 3.08. The molecule has 1 aromatic rings. The summed E-state index contributed by atoms with van der Waals surface area (Å²) in [6, 6.07) is 2.53. The number of hydrogen-bond acceptors (Lipinski definition) is 2. The highest BCUT2D eigenvalue weighted by Crippen LogP contribution is 2.07. The molecule has 0 amide bonds. The van der Waals surface area contributed by atoms with E-state index in [1.807, 2.05) is 0 Å². The van der Waals surface area contributed by atoms with Gasteiger partial charge in [-0.25, -0.2) is 0 Å². The second-order valence-corrected chi connectivity index (χ2v) is 1.87. The third kappa shape index (κ3) is 1.32. The van der Waals surface area contributed by atoms with Gasteiger partial charge in [0, 0.05) is 6.07 Å². The first kappa shape index (κ1) is 5.79. The van der Waals surface area contributed by atoms with Crippen molar-refractivity contribution in [1.29, 1.82) is 0 Å². The molecule has 0 saturated carbocycles. The minimum atomic E-state index is 0.192. The Kier molecular flexibility index (Phi) is 1.65. The van der Waals surface area contributed by atoms with Crippen LogP contribution in [0, 0.1) is 6.07 Å². The zero-order valence-electron chi connectivity index (χ0n) is 3.73. The molecular formula is C4HCl2N2. The van der Waals surface area contributed by atoms with Gasteiger partial charge in [-0.2, -0.15) is 5.10 Å². The Bertz CT molecular complexity index is 172. The molecule has 4 heteroatoms. The molecule has 0 saturated heterocycles. The first-order valence-electron chi connectivity index (χ1n) is 1.85. The highest BCUT2D eigenvalue weighted by atomic mass is 35.5. The van der Waals surface area contributed by atoms with E-state index in [0.29, 0.717) is 5.02 Å². The van der Waals surface area contributed by atoms with E-state index in [2.05, 4.69) is 16.3 Å². The van der Waals surface area contributed by atoms with Crippen molar-refractivity contribution in [2.75, 3.05) is 0 Å². The normalized spacial score (nSPS) is 9.25. The second kappa shape index (κ2) is 2.29. The Labute approximate surface area is 56.4 Å². The highest BCUT2D eigenvalue weighted by Gasteiger charge is 1.89. The lowest BCUT2D eigenvalue weighted by molar-refractivity contribution is 1.03. The highest BCUT2D eigenvalue weighted by molar-refractivity contribution is 6.33. The van der Waals surface area contributed by atoms with Crippen LogP contribution in [0.2, 0.25) is 10.2 Å². The molecule has 1 heterocycles. The van der Waals surface area contributed by atoms with Crippen LogP contribution in [0.25, 0.3) is 0 Å². The van der Waals surface area contributed by atoms with Crippen molar-refractivity contribution in [3.8, 4) is 0 Å². The van der Waals surface area contributed by atoms with E-state index in [4.69, 9.17) is 23.2 Å². The van der Waals surface area contributed by atoms with Crippen LogP contribution in [-0.4, -0.2) is 10.2 Å². The Morgan fingerprint density at radius 3 is 2.62 bits per heavy atom. The molecule has 41 valence electrons. The Hall–Kier alpha value is -0.340. The number of hydrogen-bond donors (Lipinski definition) is 0. The molecule has 0 aromatic carbocycles.